The average molecular weight is 623 g/mol. The fraction of sp³-hybridized carbons (Fsp3) is 0.562. The monoisotopic (exact) mass is 622 g/mol. The Balaban J connectivity index is 1.18. The summed E-state index contributed by atoms with van der Waals surface area (Å²) in [6.07, 6.45) is 1.59. The molecule has 12 nitrogen and oxygen atoms in total. The van der Waals surface area contributed by atoms with Crippen molar-refractivity contribution in [3.05, 3.63) is 59.7 Å². The number of hydrogen-bond acceptors (Lipinski definition) is 12. The zero-order valence-corrected chi connectivity index (χ0v) is 25.4. The molecule has 0 heterocycles. The highest BCUT2D eigenvalue weighted by Crippen LogP contribution is 2.11. The van der Waals surface area contributed by atoms with Crippen molar-refractivity contribution >= 4 is 12.6 Å². The van der Waals surface area contributed by atoms with Crippen LogP contribution in [0.15, 0.2) is 48.5 Å². The number of aldehydes is 2. The van der Waals surface area contributed by atoms with E-state index in [0.717, 1.165) is 12.6 Å². The second kappa shape index (κ2) is 27.6. The summed E-state index contributed by atoms with van der Waals surface area (Å²) in [6.45, 7) is 8.59. The predicted molar refractivity (Wildman–Crippen MR) is 161 cm³/mol. The van der Waals surface area contributed by atoms with Crippen LogP contribution in [0.1, 0.15) is 20.7 Å². The van der Waals surface area contributed by atoms with Crippen molar-refractivity contribution in [2.75, 3.05) is 119 Å². The Morgan fingerprint density at radius 3 is 0.727 bits per heavy atom. The molecule has 0 fully saturated rings. The van der Waals surface area contributed by atoms with E-state index in [2.05, 4.69) is 0 Å². The number of benzene rings is 2. The SMILES string of the molecule is O=Cc1ccc(OCCOCCOCCOCCOCCOCCOCCOCCOCCOc2ccc(C=O)cc2)cc1. The van der Waals surface area contributed by atoms with Crippen LogP contribution < -0.4 is 9.47 Å². The van der Waals surface area contributed by atoms with Gasteiger partial charge in [0.15, 0.2) is 0 Å². The van der Waals surface area contributed by atoms with Gasteiger partial charge in [-0.25, -0.2) is 0 Å². The third-order valence-corrected chi connectivity index (χ3v) is 5.63. The highest BCUT2D eigenvalue weighted by molar-refractivity contribution is 5.75. The van der Waals surface area contributed by atoms with E-state index in [1.165, 1.54) is 0 Å². The third-order valence-electron chi connectivity index (χ3n) is 5.63. The van der Waals surface area contributed by atoms with Crippen LogP contribution in [-0.2, 0) is 37.9 Å². The van der Waals surface area contributed by atoms with Crippen LogP contribution in [0.2, 0.25) is 0 Å². The maximum atomic E-state index is 10.6. The molecule has 0 spiro atoms. The molecule has 0 atom stereocenters. The first-order valence-corrected chi connectivity index (χ1v) is 14.8. The summed E-state index contributed by atoms with van der Waals surface area (Å²) in [5.41, 5.74) is 1.23. The largest absolute Gasteiger partial charge is 0.491 e. The first-order chi connectivity index (χ1) is 21.8. The lowest BCUT2D eigenvalue weighted by molar-refractivity contribution is -0.0241. The fourth-order valence-electron chi connectivity index (χ4n) is 3.36. The summed E-state index contributed by atoms with van der Waals surface area (Å²) < 4.78 is 54.8. The molecular weight excluding hydrogens is 576 g/mol. The van der Waals surface area contributed by atoms with Crippen molar-refractivity contribution in [1.29, 1.82) is 0 Å². The van der Waals surface area contributed by atoms with Gasteiger partial charge in [0.1, 0.15) is 37.3 Å². The molecule has 0 aromatic heterocycles. The summed E-state index contributed by atoms with van der Waals surface area (Å²) in [5.74, 6) is 1.40. The molecule has 2 aromatic carbocycles. The predicted octanol–water partition coefficient (Wildman–Crippen LogP) is 2.90. The Morgan fingerprint density at radius 2 is 0.523 bits per heavy atom. The lowest BCUT2D eigenvalue weighted by atomic mass is 10.2. The molecule has 0 amide bonds. The lowest BCUT2D eigenvalue weighted by Crippen LogP contribution is -2.15. The molecule has 0 bridgehead atoms. The van der Waals surface area contributed by atoms with Crippen molar-refractivity contribution in [2.24, 2.45) is 0 Å². The summed E-state index contributed by atoms with van der Waals surface area (Å²) in [5, 5.41) is 0. The van der Waals surface area contributed by atoms with Crippen molar-refractivity contribution in [1.82, 2.24) is 0 Å². The van der Waals surface area contributed by atoms with Gasteiger partial charge in [0.05, 0.1) is 106 Å². The maximum Gasteiger partial charge on any atom is 0.150 e. The van der Waals surface area contributed by atoms with Gasteiger partial charge in [0.2, 0.25) is 0 Å². The smallest absolute Gasteiger partial charge is 0.150 e. The molecule has 0 aliphatic heterocycles. The standard InChI is InChI=1S/C32H46O12/c33-27-29-1-5-31(6-2-29)43-25-23-41-21-19-39-17-15-37-13-11-35-9-10-36-12-14-38-16-18-40-20-22-42-24-26-44-32-7-3-30(28-34)4-8-32/h1-8,27-28H,9-26H2. The molecule has 0 saturated carbocycles. The highest BCUT2D eigenvalue weighted by atomic mass is 16.6. The summed E-state index contributed by atoms with van der Waals surface area (Å²) in [7, 11) is 0. The molecule has 0 radical (unpaired) electrons. The topological polar surface area (TPSA) is 126 Å². The van der Waals surface area contributed by atoms with Crippen molar-refractivity contribution in [3.8, 4) is 11.5 Å². The van der Waals surface area contributed by atoms with Crippen molar-refractivity contribution in [2.45, 2.75) is 0 Å². The Hall–Kier alpha value is -2.94. The van der Waals surface area contributed by atoms with E-state index in [1.807, 2.05) is 0 Å². The first-order valence-electron chi connectivity index (χ1n) is 14.8. The number of carbonyl (C=O) groups excluding carboxylic acids is 2. The summed E-state index contributed by atoms with van der Waals surface area (Å²) in [4.78, 5) is 21.3. The number of ether oxygens (including phenoxy) is 10. The number of rotatable bonds is 31. The highest BCUT2D eigenvalue weighted by Gasteiger charge is 1.98. The van der Waals surface area contributed by atoms with E-state index in [0.29, 0.717) is 142 Å². The van der Waals surface area contributed by atoms with Gasteiger partial charge in [-0.05, 0) is 48.5 Å². The average Bonchev–Trinajstić information content (AvgIpc) is 3.06. The minimum Gasteiger partial charge on any atom is -0.491 e. The van der Waals surface area contributed by atoms with Crippen LogP contribution in [-0.4, -0.2) is 131 Å². The van der Waals surface area contributed by atoms with Crippen molar-refractivity contribution < 1.29 is 57.0 Å². The van der Waals surface area contributed by atoms with Crippen LogP contribution in [0.5, 0.6) is 11.5 Å². The van der Waals surface area contributed by atoms with E-state index in [4.69, 9.17) is 47.4 Å². The molecule has 0 aliphatic carbocycles. The van der Waals surface area contributed by atoms with Gasteiger partial charge in [-0.15, -0.1) is 0 Å². The van der Waals surface area contributed by atoms with Crippen LogP contribution in [0.3, 0.4) is 0 Å². The third kappa shape index (κ3) is 20.9. The molecule has 0 aliphatic rings. The fourth-order valence-corrected chi connectivity index (χ4v) is 3.36. The maximum absolute atomic E-state index is 10.6. The molecule has 12 heteroatoms. The summed E-state index contributed by atoms with van der Waals surface area (Å²) in [6, 6.07) is 13.8. The zero-order valence-electron chi connectivity index (χ0n) is 25.4. The van der Waals surface area contributed by atoms with Crippen LogP contribution in [0, 0.1) is 0 Å². The molecule has 2 aromatic rings. The van der Waals surface area contributed by atoms with Gasteiger partial charge in [0.25, 0.3) is 0 Å². The molecule has 0 N–H and O–H groups in total. The second-order valence-electron chi connectivity index (χ2n) is 8.97. The molecule has 2 rings (SSSR count). The van der Waals surface area contributed by atoms with Gasteiger partial charge in [-0.3, -0.25) is 9.59 Å². The molecule has 246 valence electrons. The van der Waals surface area contributed by atoms with Gasteiger partial charge < -0.3 is 47.4 Å². The van der Waals surface area contributed by atoms with Crippen LogP contribution in [0.4, 0.5) is 0 Å². The zero-order chi connectivity index (χ0) is 31.2. The summed E-state index contributed by atoms with van der Waals surface area (Å²) >= 11 is 0. The van der Waals surface area contributed by atoms with E-state index >= 15 is 0 Å². The molecule has 0 unspecified atom stereocenters. The van der Waals surface area contributed by atoms with Crippen LogP contribution >= 0.6 is 0 Å². The Morgan fingerprint density at radius 1 is 0.318 bits per heavy atom. The second-order valence-corrected chi connectivity index (χ2v) is 8.97. The van der Waals surface area contributed by atoms with Gasteiger partial charge >= 0.3 is 0 Å². The molecule has 44 heavy (non-hydrogen) atoms. The van der Waals surface area contributed by atoms with E-state index in [1.54, 1.807) is 48.5 Å². The van der Waals surface area contributed by atoms with E-state index < -0.39 is 0 Å². The normalized spacial score (nSPS) is 11.0. The van der Waals surface area contributed by atoms with E-state index in [-0.39, 0.29) is 0 Å². The Kier molecular flexibility index (Phi) is 23.4. The number of hydrogen-bond donors (Lipinski definition) is 0. The molecule has 0 saturated heterocycles. The number of carbonyl (C=O) groups is 2. The molecular formula is C32H46O12. The Bertz CT molecular complexity index is 862. The quantitative estimate of drug-likeness (QED) is 0.0907. The van der Waals surface area contributed by atoms with Crippen LogP contribution in [0.25, 0.3) is 0 Å². The first kappa shape index (κ1) is 37.2. The van der Waals surface area contributed by atoms with E-state index in [9.17, 15) is 9.59 Å². The minimum atomic E-state index is 0.428. The van der Waals surface area contributed by atoms with Gasteiger partial charge in [0, 0.05) is 11.1 Å². The Labute approximate surface area is 259 Å². The van der Waals surface area contributed by atoms with Gasteiger partial charge in [-0.1, -0.05) is 0 Å². The minimum absolute atomic E-state index is 0.428. The van der Waals surface area contributed by atoms with Gasteiger partial charge in [-0.2, -0.15) is 0 Å². The lowest BCUT2D eigenvalue weighted by Gasteiger charge is -2.09. The van der Waals surface area contributed by atoms with Crippen molar-refractivity contribution in [3.63, 3.8) is 0 Å².